The second-order valence-electron chi connectivity index (χ2n) is 8.82. The van der Waals surface area contributed by atoms with Crippen molar-refractivity contribution in [3.05, 3.63) is 95.3 Å². The van der Waals surface area contributed by atoms with Crippen molar-refractivity contribution in [2.75, 3.05) is 27.9 Å². The number of benzene rings is 3. The van der Waals surface area contributed by atoms with Crippen LogP contribution in [0.25, 0.3) is 17.0 Å². The topological polar surface area (TPSA) is 90.8 Å². The number of rotatable bonds is 11. The Morgan fingerprint density at radius 1 is 0.897 bits per heavy atom. The lowest BCUT2D eigenvalue weighted by Crippen LogP contribution is -2.35. The van der Waals surface area contributed by atoms with Gasteiger partial charge in [0.15, 0.2) is 11.5 Å². The first-order valence-electron chi connectivity index (χ1n) is 12.7. The highest BCUT2D eigenvalue weighted by atomic mass is 16.5. The van der Waals surface area contributed by atoms with E-state index >= 15 is 0 Å². The highest BCUT2D eigenvalue weighted by Crippen LogP contribution is 2.27. The van der Waals surface area contributed by atoms with Gasteiger partial charge in [0.2, 0.25) is 0 Å². The number of fused-ring (bicyclic) bond motifs is 1. The van der Waals surface area contributed by atoms with Crippen LogP contribution in [0, 0.1) is 0 Å². The minimum Gasteiger partial charge on any atom is -0.497 e. The average Bonchev–Trinajstić information content (AvgIpc) is 3.34. The summed E-state index contributed by atoms with van der Waals surface area (Å²) in [4.78, 5) is 26.5. The molecule has 39 heavy (non-hydrogen) atoms. The molecule has 0 bridgehead atoms. The largest absolute Gasteiger partial charge is 0.497 e. The van der Waals surface area contributed by atoms with E-state index in [1.807, 2.05) is 48.7 Å². The average molecular weight is 528 g/mol. The Morgan fingerprint density at radius 3 is 2.33 bits per heavy atom. The zero-order chi connectivity index (χ0) is 27.8. The van der Waals surface area contributed by atoms with Crippen LogP contribution in [0.5, 0.6) is 17.2 Å². The Morgan fingerprint density at radius 2 is 1.64 bits per heavy atom. The lowest BCUT2D eigenvalue weighted by atomic mass is 10.1. The number of aromatic nitrogens is 1. The SMILES string of the molecule is CCn1cc(/C=C(\NC(=O)c2ccc(OC)cc2)C(=O)NCCc2ccc(OC)c(OC)c2)c2ccccc21. The van der Waals surface area contributed by atoms with E-state index in [0.29, 0.717) is 35.8 Å². The number of para-hydroxylation sites is 1. The Labute approximate surface area is 228 Å². The summed E-state index contributed by atoms with van der Waals surface area (Å²) in [5.74, 6) is 1.13. The molecular weight excluding hydrogens is 494 g/mol. The molecule has 0 aliphatic rings. The zero-order valence-corrected chi connectivity index (χ0v) is 22.6. The zero-order valence-electron chi connectivity index (χ0n) is 22.6. The molecule has 0 saturated carbocycles. The second-order valence-corrected chi connectivity index (χ2v) is 8.82. The fourth-order valence-corrected chi connectivity index (χ4v) is 4.35. The van der Waals surface area contributed by atoms with Crippen molar-refractivity contribution in [1.82, 2.24) is 15.2 Å². The molecule has 4 aromatic rings. The van der Waals surface area contributed by atoms with Gasteiger partial charge in [-0.2, -0.15) is 0 Å². The van der Waals surface area contributed by atoms with E-state index in [-0.39, 0.29) is 11.6 Å². The normalized spacial score (nSPS) is 11.2. The fraction of sp³-hybridized carbons (Fsp3) is 0.226. The smallest absolute Gasteiger partial charge is 0.267 e. The second kappa shape index (κ2) is 12.7. The molecule has 202 valence electrons. The number of hydrogen-bond acceptors (Lipinski definition) is 5. The lowest BCUT2D eigenvalue weighted by Gasteiger charge is -2.12. The highest BCUT2D eigenvalue weighted by Gasteiger charge is 2.17. The first-order chi connectivity index (χ1) is 19.0. The van der Waals surface area contributed by atoms with Crippen LogP contribution in [0.4, 0.5) is 0 Å². The van der Waals surface area contributed by atoms with Crippen LogP contribution < -0.4 is 24.8 Å². The fourth-order valence-electron chi connectivity index (χ4n) is 4.35. The van der Waals surface area contributed by atoms with Gasteiger partial charge in [0.25, 0.3) is 11.8 Å². The molecule has 8 nitrogen and oxygen atoms in total. The predicted molar refractivity (Wildman–Crippen MR) is 152 cm³/mol. The monoisotopic (exact) mass is 527 g/mol. The standard InChI is InChI=1S/C31H33N3O5/c1-5-34-20-23(25-8-6-7-9-27(25)34)19-26(33-30(35)22-11-13-24(37-2)14-12-22)31(36)32-17-16-21-10-15-28(38-3)29(18-21)39-4/h6-15,18-20H,5,16-17H2,1-4H3,(H,32,36)(H,33,35)/b26-19-. The van der Waals surface area contributed by atoms with Gasteiger partial charge in [-0.05, 0) is 67.4 Å². The Balaban J connectivity index is 1.58. The quantitative estimate of drug-likeness (QED) is 0.273. The summed E-state index contributed by atoms with van der Waals surface area (Å²) in [7, 11) is 4.74. The van der Waals surface area contributed by atoms with Gasteiger partial charge in [-0.15, -0.1) is 0 Å². The molecule has 0 atom stereocenters. The molecule has 3 aromatic carbocycles. The van der Waals surface area contributed by atoms with Crippen molar-refractivity contribution in [1.29, 1.82) is 0 Å². The summed E-state index contributed by atoms with van der Waals surface area (Å²) < 4.78 is 18.0. The third kappa shape index (κ3) is 6.41. The molecule has 2 N–H and O–H groups in total. The van der Waals surface area contributed by atoms with Crippen LogP contribution >= 0.6 is 0 Å². The van der Waals surface area contributed by atoms with Gasteiger partial charge in [-0.1, -0.05) is 24.3 Å². The maximum absolute atomic E-state index is 13.4. The summed E-state index contributed by atoms with van der Waals surface area (Å²) >= 11 is 0. The maximum atomic E-state index is 13.4. The highest BCUT2D eigenvalue weighted by molar-refractivity contribution is 6.06. The van der Waals surface area contributed by atoms with Gasteiger partial charge in [0.05, 0.1) is 21.3 Å². The number of methoxy groups -OCH3 is 3. The molecule has 8 heteroatoms. The van der Waals surface area contributed by atoms with Crippen molar-refractivity contribution in [2.45, 2.75) is 19.9 Å². The first-order valence-corrected chi connectivity index (χ1v) is 12.7. The summed E-state index contributed by atoms with van der Waals surface area (Å²) in [5, 5.41) is 6.75. The number of nitrogens with one attached hydrogen (secondary N) is 2. The van der Waals surface area contributed by atoms with Crippen LogP contribution in [0.2, 0.25) is 0 Å². The third-order valence-electron chi connectivity index (χ3n) is 6.45. The third-order valence-corrected chi connectivity index (χ3v) is 6.45. The molecule has 0 saturated heterocycles. The van der Waals surface area contributed by atoms with Gasteiger partial charge in [0.1, 0.15) is 11.4 Å². The summed E-state index contributed by atoms with van der Waals surface area (Å²) in [5.41, 5.74) is 3.44. The molecule has 4 rings (SSSR count). The predicted octanol–water partition coefficient (Wildman–Crippen LogP) is 4.82. The maximum Gasteiger partial charge on any atom is 0.267 e. The summed E-state index contributed by atoms with van der Waals surface area (Å²) in [6.07, 6.45) is 4.28. The molecule has 2 amide bonds. The van der Waals surface area contributed by atoms with E-state index in [9.17, 15) is 9.59 Å². The number of carbonyl (C=O) groups is 2. The number of aryl methyl sites for hydroxylation is 1. The molecular formula is C31H33N3O5. The van der Waals surface area contributed by atoms with E-state index < -0.39 is 5.91 Å². The number of hydrogen-bond donors (Lipinski definition) is 2. The van der Waals surface area contributed by atoms with E-state index in [1.165, 1.54) is 0 Å². The van der Waals surface area contributed by atoms with E-state index in [4.69, 9.17) is 14.2 Å². The minimum absolute atomic E-state index is 0.155. The molecule has 0 aliphatic heterocycles. The molecule has 0 aliphatic carbocycles. The van der Waals surface area contributed by atoms with Crippen LogP contribution in [0.1, 0.15) is 28.4 Å². The van der Waals surface area contributed by atoms with E-state index in [1.54, 1.807) is 51.7 Å². The van der Waals surface area contributed by atoms with Crippen molar-refractivity contribution >= 4 is 28.8 Å². The number of amides is 2. The van der Waals surface area contributed by atoms with Crippen LogP contribution in [0.3, 0.4) is 0 Å². The summed E-state index contributed by atoms with van der Waals surface area (Å²) in [6, 6.07) is 20.3. The van der Waals surface area contributed by atoms with Crippen molar-refractivity contribution in [3.63, 3.8) is 0 Å². The molecule has 0 fully saturated rings. The van der Waals surface area contributed by atoms with E-state index in [0.717, 1.165) is 28.6 Å². The Bertz CT molecular complexity index is 1490. The number of carbonyl (C=O) groups excluding carboxylic acids is 2. The van der Waals surface area contributed by atoms with Gasteiger partial charge in [-0.3, -0.25) is 9.59 Å². The number of nitrogens with zero attached hydrogens (tertiary/aromatic N) is 1. The summed E-state index contributed by atoms with van der Waals surface area (Å²) in [6.45, 7) is 3.20. The molecule has 0 spiro atoms. The Hall–Kier alpha value is -4.72. The molecule has 0 unspecified atom stereocenters. The Kier molecular flexibility index (Phi) is 8.89. The van der Waals surface area contributed by atoms with Crippen LogP contribution in [0.15, 0.2) is 78.6 Å². The molecule has 0 radical (unpaired) electrons. The minimum atomic E-state index is -0.391. The van der Waals surface area contributed by atoms with Crippen LogP contribution in [-0.4, -0.2) is 44.3 Å². The lowest BCUT2D eigenvalue weighted by molar-refractivity contribution is -0.117. The van der Waals surface area contributed by atoms with Gasteiger partial charge < -0.3 is 29.4 Å². The number of ether oxygens (including phenoxy) is 3. The van der Waals surface area contributed by atoms with Crippen molar-refractivity contribution in [3.8, 4) is 17.2 Å². The van der Waals surface area contributed by atoms with Crippen molar-refractivity contribution in [2.24, 2.45) is 0 Å². The van der Waals surface area contributed by atoms with Gasteiger partial charge in [0, 0.05) is 41.3 Å². The molecule has 1 heterocycles. The van der Waals surface area contributed by atoms with Crippen molar-refractivity contribution < 1.29 is 23.8 Å². The van der Waals surface area contributed by atoms with E-state index in [2.05, 4.69) is 22.1 Å². The van der Waals surface area contributed by atoms with Gasteiger partial charge in [-0.25, -0.2) is 0 Å². The van der Waals surface area contributed by atoms with Gasteiger partial charge >= 0.3 is 0 Å². The van der Waals surface area contributed by atoms with Crippen LogP contribution in [-0.2, 0) is 17.8 Å². The first kappa shape index (κ1) is 27.3. The molecule has 1 aromatic heterocycles.